The van der Waals surface area contributed by atoms with Crippen molar-refractivity contribution in [3.63, 3.8) is 0 Å². The molecule has 0 bridgehead atoms. The van der Waals surface area contributed by atoms with Crippen LogP contribution in [0, 0.1) is 0 Å². The number of carbonyl (C=O) groups excluding carboxylic acids is 1. The highest BCUT2D eigenvalue weighted by molar-refractivity contribution is 5.84. The molecule has 0 aliphatic heterocycles. The highest BCUT2D eigenvalue weighted by Gasteiger charge is 2.14. The Balaban J connectivity index is 0.000000285. The number of H-pyrrole nitrogens is 1. The second kappa shape index (κ2) is 15.7. The number of amides is 1. The molecule has 0 aliphatic carbocycles. The smallest absolute Gasteiger partial charge is 0.320 e. The Morgan fingerprint density at radius 2 is 1.24 bits per heavy atom. The Labute approximate surface area is 213 Å². The lowest BCUT2D eigenvalue weighted by molar-refractivity contribution is -0.139. The van der Waals surface area contributed by atoms with Crippen LogP contribution in [-0.2, 0) is 32.0 Å². The van der Waals surface area contributed by atoms with Crippen LogP contribution in [0.4, 0.5) is 0 Å². The number of carboxylic acids is 3. The molecule has 0 radical (unpaired) electrons. The Hall–Kier alpha value is -4.26. The number of carboxylic acid groups (broad SMARTS) is 3. The number of carbonyl (C=O) groups is 4. The zero-order valence-corrected chi connectivity index (χ0v) is 20.1. The lowest BCUT2D eigenvalue weighted by Crippen LogP contribution is -2.32. The zero-order chi connectivity index (χ0) is 28.0. The van der Waals surface area contributed by atoms with Gasteiger partial charge in [0.05, 0.1) is 0 Å². The molecule has 0 unspecified atom stereocenters. The van der Waals surface area contributed by atoms with Gasteiger partial charge in [-0.25, -0.2) is 0 Å². The molecule has 1 aromatic heterocycles. The number of aliphatic carboxylic acids is 3. The number of benzene rings is 2. The molecule has 0 aliphatic rings. The molecular weight excluding hydrogens is 482 g/mol. The lowest BCUT2D eigenvalue weighted by Gasteiger charge is -2.04. The summed E-state index contributed by atoms with van der Waals surface area (Å²) >= 11 is 0. The van der Waals surface area contributed by atoms with Crippen molar-refractivity contribution in [1.82, 2.24) is 4.98 Å². The average Bonchev–Trinajstić information content (AvgIpc) is 3.26. The number of hydrogen-bond acceptors (Lipinski definition) is 7. The van der Waals surface area contributed by atoms with Crippen LogP contribution in [0.2, 0.25) is 0 Å². The largest absolute Gasteiger partial charge is 0.480 e. The molecule has 3 aromatic rings. The molecule has 12 nitrogen and oxygen atoms in total. The number of para-hydroxylation sites is 1. The fourth-order valence-corrected chi connectivity index (χ4v) is 3.00. The first-order chi connectivity index (χ1) is 17.4. The van der Waals surface area contributed by atoms with Crippen molar-refractivity contribution >= 4 is 34.7 Å². The Morgan fingerprint density at radius 1 is 0.730 bits per heavy atom. The number of primary amides is 1. The van der Waals surface area contributed by atoms with Gasteiger partial charge in [0.1, 0.15) is 18.1 Å². The minimum atomic E-state index is -1.11. The van der Waals surface area contributed by atoms with E-state index < -0.39 is 41.9 Å². The highest BCUT2D eigenvalue weighted by Crippen LogP contribution is 2.18. The second-order valence-corrected chi connectivity index (χ2v) is 8.09. The molecule has 3 rings (SSSR count). The third-order valence-electron chi connectivity index (χ3n) is 5.07. The maximum atomic E-state index is 10.6. The van der Waals surface area contributed by atoms with Gasteiger partial charge in [-0.1, -0.05) is 48.5 Å². The predicted octanol–water partition coefficient (Wildman–Crippen LogP) is 0.427. The summed E-state index contributed by atoms with van der Waals surface area (Å²) in [5.74, 6) is -3.57. The molecule has 12 heteroatoms. The number of aromatic nitrogens is 1. The minimum Gasteiger partial charge on any atom is -0.480 e. The minimum absolute atomic E-state index is 0.0213. The summed E-state index contributed by atoms with van der Waals surface area (Å²) in [6.45, 7) is 0. The molecule has 3 atom stereocenters. The lowest BCUT2D eigenvalue weighted by atomic mass is 10.1. The standard InChI is InChI=1S/C11H12N2O2.C9H11NO2.C5H10N2O3/c12-9(11(14)15)5-7-6-13-10-4-2-1-3-8(7)10;10-8(9(11)12)6-7-4-2-1-3-5-7;6-3(5(9)10)1-2-4(7)8/h1-4,6,9,13H,5,12H2,(H,14,15);1-5,8H,6,10H2,(H,11,12);3H,1-2,6H2,(H2,7,8)(H,9,10)/t9-;8-;3-/m000/s1. The van der Waals surface area contributed by atoms with Crippen molar-refractivity contribution in [3.05, 3.63) is 71.9 Å². The van der Waals surface area contributed by atoms with Crippen molar-refractivity contribution in [2.45, 2.75) is 43.8 Å². The number of rotatable bonds is 10. The van der Waals surface area contributed by atoms with E-state index in [9.17, 15) is 19.2 Å². The van der Waals surface area contributed by atoms with Gasteiger partial charge in [0.15, 0.2) is 0 Å². The first-order valence-electron chi connectivity index (χ1n) is 11.2. The van der Waals surface area contributed by atoms with Gasteiger partial charge >= 0.3 is 17.9 Å². The molecule has 0 spiro atoms. The van der Waals surface area contributed by atoms with Crippen molar-refractivity contribution in [1.29, 1.82) is 0 Å². The summed E-state index contributed by atoms with van der Waals surface area (Å²) in [7, 11) is 0. The summed E-state index contributed by atoms with van der Waals surface area (Å²) in [6.07, 6.45) is 2.67. The van der Waals surface area contributed by atoms with E-state index in [1.807, 2.05) is 60.8 Å². The number of hydrogen-bond donors (Lipinski definition) is 8. The summed E-state index contributed by atoms with van der Waals surface area (Å²) in [5, 5.41) is 26.5. The maximum Gasteiger partial charge on any atom is 0.320 e. The van der Waals surface area contributed by atoms with E-state index in [1.165, 1.54) is 0 Å². The van der Waals surface area contributed by atoms with Crippen LogP contribution in [0.25, 0.3) is 10.9 Å². The van der Waals surface area contributed by atoms with Crippen molar-refractivity contribution in [3.8, 4) is 0 Å². The van der Waals surface area contributed by atoms with E-state index in [-0.39, 0.29) is 12.8 Å². The van der Waals surface area contributed by atoms with Gasteiger partial charge < -0.3 is 43.2 Å². The van der Waals surface area contributed by atoms with E-state index in [4.69, 9.17) is 38.3 Å². The van der Waals surface area contributed by atoms with Gasteiger partial charge in [-0.15, -0.1) is 0 Å². The van der Waals surface area contributed by atoms with Gasteiger partial charge in [-0.2, -0.15) is 0 Å². The van der Waals surface area contributed by atoms with Gasteiger partial charge in [0.2, 0.25) is 5.91 Å². The molecular formula is C25H33N5O7. The first-order valence-corrected chi connectivity index (χ1v) is 11.2. The van der Waals surface area contributed by atoms with Gasteiger partial charge in [-0.05, 0) is 30.0 Å². The number of aromatic amines is 1. The van der Waals surface area contributed by atoms with Crippen molar-refractivity contribution in [2.75, 3.05) is 0 Å². The predicted molar refractivity (Wildman–Crippen MR) is 137 cm³/mol. The average molecular weight is 516 g/mol. The van der Waals surface area contributed by atoms with Crippen LogP contribution in [-0.4, -0.2) is 62.2 Å². The Morgan fingerprint density at radius 3 is 1.78 bits per heavy atom. The van der Waals surface area contributed by atoms with Crippen LogP contribution < -0.4 is 22.9 Å². The summed E-state index contributed by atoms with van der Waals surface area (Å²) in [4.78, 5) is 44.2. The summed E-state index contributed by atoms with van der Waals surface area (Å²) in [5.41, 5.74) is 23.5. The van der Waals surface area contributed by atoms with Crippen LogP contribution in [0.3, 0.4) is 0 Å². The van der Waals surface area contributed by atoms with Crippen LogP contribution in [0.1, 0.15) is 24.0 Å². The molecule has 200 valence electrons. The molecule has 1 amide bonds. The molecule has 0 fully saturated rings. The number of fused-ring (bicyclic) bond motifs is 1. The third kappa shape index (κ3) is 11.8. The molecule has 0 saturated carbocycles. The van der Waals surface area contributed by atoms with Gasteiger partial charge in [0, 0.05) is 29.9 Å². The monoisotopic (exact) mass is 515 g/mol. The van der Waals surface area contributed by atoms with Crippen LogP contribution >= 0.6 is 0 Å². The Bertz CT molecular complexity index is 1170. The first kappa shape index (κ1) is 30.8. The van der Waals surface area contributed by atoms with Crippen LogP contribution in [0.15, 0.2) is 60.8 Å². The van der Waals surface area contributed by atoms with Gasteiger partial charge in [0.25, 0.3) is 0 Å². The number of nitrogens with one attached hydrogen (secondary N) is 1. The molecule has 0 saturated heterocycles. The number of nitrogens with two attached hydrogens (primary N) is 4. The van der Waals surface area contributed by atoms with E-state index in [2.05, 4.69) is 4.98 Å². The quantitative estimate of drug-likeness (QED) is 0.185. The summed E-state index contributed by atoms with van der Waals surface area (Å²) in [6, 6.07) is 14.5. The normalized spacial score (nSPS) is 12.6. The molecule has 2 aromatic carbocycles. The Kier molecular flexibility index (Phi) is 13.0. The van der Waals surface area contributed by atoms with Crippen LogP contribution in [0.5, 0.6) is 0 Å². The van der Waals surface area contributed by atoms with E-state index >= 15 is 0 Å². The molecule has 12 N–H and O–H groups in total. The SMILES string of the molecule is NC(=O)CC[C@H](N)C(=O)O.N[C@@H](Cc1c[nH]c2ccccc12)C(=O)O.N[C@@H](Cc1ccccc1)C(=O)O. The maximum absolute atomic E-state index is 10.6. The fourth-order valence-electron chi connectivity index (χ4n) is 3.00. The highest BCUT2D eigenvalue weighted by atomic mass is 16.4. The fraction of sp³-hybridized carbons (Fsp3) is 0.280. The van der Waals surface area contributed by atoms with E-state index in [1.54, 1.807) is 0 Å². The molecule has 37 heavy (non-hydrogen) atoms. The third-order valence-corrected chi connectivity index (χ3v) is 5.07. The van der Waals surface area contributed by atoms with Crippen molar-refractivity contribution < 1.29 is 34.5 Å². The van der Waals surface area contributed by atoms with Crippen molar-refractivity contribution in [2.24, 2.45) is 22.9 Å². The molecule has 1 heterocycles. The zero-order valence-electron chi connectivity index (χ0n) is 20.1. The van der Waals surface area contributed by atoms with E-state index in [0.29, 0.717) is 12.8 Å². The second-order valence-electron chi connectivity index (χ2n) is 8.09. The van der Waals surface area contributed by atoms with E-state index in [0.717, 1.165) is 22.0 Å². The summed E-state index contributed by atoms with van der Waals surface area (Å²) < 4.78 is 0. The van der Waals surface area contributed by atoms with Gasteiger partial charge in [-0.3, -0.25) is 19.2 Å². The topological polar surface area (TPSA) is 249 Å².